The first kappa shape index (κ1) is 14.7. The van der Waals surface area contributed by atoms with Gasteiger partial charge < -0.3 is 4.42 Å². The summed E-state index contributed by atoms with van der Waals surface area (Å²) in [7, 11) is 0. The molecule has 7 heteroatoms. The van der Waals surface area contributed by atoms with Gasteiger partial charge in [-0.05, 0) is 37.6 Å². The predicted octanol–water partition coefficient (Wildman–Crippen LogP) is 1.30. The van der Waals surface area contributed by atoms with Crippen molar-refractivity contribution in [2.45, 2.75) is 19.8 Å². The number of allylic oxidation sites excluding steroid dienone is 1. The molecule has 1 aliphatic rings. The summed E-state index contributed by atoms with van der Waals surface area (Å²) in [5.41, 5.74) is 5.49. The van der Waals surface area contributed by atoms with Gasteiger partial charge >= 0.3 is 0 Å². The minimum Gasteiger partial charge on any atom is -0.465 e. The van der Waals surface area contributed by atoms with Crippen molar-refractivity contribution in [3.63, 3.8) is 0 Å². The van der Waals surface area contributed by atoms with E-state index in [9.17, 15) is 9.59 Å². The Balaban J connectivity index is 1.68. The van der Waals surface area contributed by atoms with Gasteiger partial charge in [-0.25, -0.2) is 10.9 Å². The van der Waals surface area contributed by atoms with Gasteiger partial charge in [0.15, 0.2) is 0 Å². The monoisotopic (exact) mass is 288 g/mol. The SMILES string of the molecule is CC1=NNC(=O)[C@H]1CCC(=O)NN=C/C=C\c1ccco1. The Morgan fingerprint density at radius 1 is 1.62 bits per heavy atom. The molecule has 1 aliphatic heterocycles. The molecule has 0 saturated carbocycles. The number of nitrogens with zero attached hydrogens (tertiary/aromatic N) is 2. The van der Waals surface area contributed by atoms with E-state index in [4.69, 9.17) is 4.42 Å². The summed E-state index contributed by atoms with van der Waals surface area (Å²) >= 11 is 0. The summed E-state index contributed by atoms with van der Waals surface area (Å²) in [5.74, 6) is -0.0244. The van der Waals surface area contributed by atoms with Gasteiger partial charge in [0, 0.05) is 18.3 Å². The molecule has 7 nitrogen and oxygen atoms in total. The van der Waals surface area contributed by atoms with Crippen LogP contribution in [0.15, 0.2) is 39.1 Å². The van der Waals surface area contributed by atoms with E-state index >= 15 is 0 Å². The number of carbonyl (C=O) groups excluding carboxylic acids is 2. The lowest BCUT2D eigenvalue weighted by Gasteiger charge is -2.05. The maximum atomic E-state index is 11.6. The minimum atomic E-state index is -0.321. The van der Waals surface area contributed by atoms with E-state index in [-0.39, 0.29) is 24.2 Å². The van der Waals surface area contributed by atoms with Crippen LogP contribution in [-0.2, 0) is 9.59 Å². The van der Waals surface area contributed by atoms with E-state index < -0.39 is 0 Å². The molecule has 110 valence electrons. The van der Waals surface area contributed by atoms with Crippen LogP contribution in [0.2, 0.25) is 0 Å². The van der Waals surface area contributed by atoms with Crippen molar-refractivity contribution in [2.24, 2.45) is 16.1 Å². The summed E-state index contributed by atoms with van der Waals surface area (Å²) in [6, 6.07) is 3.59. The Labute approximate surface area is 121 Å². The Hall–Kier alpha value is -2.70. The molecule has 0 unspecified atom stereocenters. The summed E-state index contributed by atoms with van der Waals surface area (Å²) in [6.07, 6.45) is 7.03. The second-order valence-corrected chi connectivity index (χ2v) is 4.51. The molecule has 2 N–H and O–H groups in total. The molecule has 0 saturated heterocycles. The number of amides is 2. The summed E-state index contributed by atoms with van der Waals surface area (Å²) in [5, 5.41) is 7.60. The minimum absolute atomic E-state index is 0.162. The summed E-state index contributed by atoms with van der Waals surface area (Å²) in [4.78, 5) is 23.0. The summed E-state index contributed by atoms with van der Waals surface area (Å²) < 4.78 is 5.09. The highest BCUT2D eigenvalue weighted by Crippen LogP contribution is 2.13. The zero-order chi connectivity index (χ0) is 15.1. The van der Waals surface area contributed by atoms with E-state index in [0.717, 1.165) is 0 Å². The van der Waals surface area contributed by atoms with Crippen molar-refractivity contribution in [3.8, 4) is 0 Å². The third-order valence-electron chi connectivity index (χ3n) is 2.98. The Bertz CT molecular complexity index is 587. The first-order valence-corrected chi connectivity index (χ1v) is 6.53. The van der Waals surface area contributed by atoms with E-state index in [2.05, 4.69) is 21.1 Å². The Kier molecular flexibility index (Phi) is 5.03. The van der Waals surface area contributed by atoms with Crippen LogP contribution < -0.4 is 10.9 Å². The first-order valence-electron chi connectivity index (χ1n) is 6.53. The molecule has 2 rings (SSSR count). The van der Waals surface area contributed by atoms with Crippen molar-refractivity contribution in [1.82, 2.24) is 10.9 Å². The number of rotatable bonds is 6. The molecular weight excluding hydrogens is 272 g/mol. The molecule has 0 aliphatic carbocycles. The van der Waals surface area contributed by atoms with Crippen molar-refractivity contribution >= 4 is 29.8 Å². The van der Waals surface area contributed by atoms with E-state index in [0.29, 0.717) is 17.9 Å². The number of hydrogen-bond donors (Lipinski definition) is 2. The smallest absolute Gasteiger partial charge is 0.248 e. The van der Waals surface area contributed by atoms with Gasteiger partial charge in [0.2, 0.25) is 11.8 Å². The number of nitrogens with one attached hydrogen (secondary N) is 2. The van der Waals surface area contributed by atoms with Crippen LogP contribution in [0.1, 0.15) is 25.5 Å². The highest BCUT2D eigenvalue weighted by molar-refractivity contribution is 6.07. The van der Waals surface area contributed by atoms with Gasteiger partial charge in [0.25, 0.3) is 0 Å². The van der Waals surface area contributed by atoms with Crippen LogP contribution in [0.3, 0.4) is 0 Å². The van der Waals surface area contributed by atoms with Gasteiger partial charge in [0.05, 0.1) is 12.2 Å². The van der Waals surface area contributed by atoms with E-state index in [1.807, 2.05) is 0 Å². The molecule has 1 atom stereocenters. The van der Waals surface area contributed by atoms with Crippen LogP contribution in [0.25, 0.3) is 6.08 Å². The molecule has 1 aromatic rings. The van der Waals surface area contributed by atoms with E-state index in [1.165, 1.54) is 6.21 Å². The number of hydrazone groups is 2. The second-order valence-electron chi connectivity index (χ2n) is 4.51. The zero-order valence-corrected chi connectivity index (χ0v) is 11.6. The third-order valence-corrected chi connectivity index (χ3v) is 2.98. The zero-order valence-electron chi connectivity index (χ0n) is 11.6. The van der Waals surface area contributed by atoms with Gasteiger partial charge in [-0.3, -0.25) is 9.59 Å². The normalized spacial score (nSPS) is 18.2. The van der Waals surface area contributed by atoms with Crippen LogP contribution in [0.4, 0.5) is 0 Å². The van der Waals surface area contributed by atoms with Crippen molar-refractivity contribution in [2.75, 3.05) is 0 Å². The molecule has 0 bridgehead atoms. The number of carbonyl (C=O) groups is 2. The van der Waals surface area contributed by atoms with Crippen LogP contribution in [0, 0.1) is 5.92 Å². The van der Waals surface area contributed by atoms with Gasteiger partial charge in [-0.15, -0.1) is 0 Å². The molecule has 0 spiro atoms. The molecule has 2 heterocycles. The van der Waals surface area contributed by atoms with E-state index in [1.54, 1.807) is 37.5 Å². The van der Waals surface area contributed by atoms with Crippen molar-refractivity contribution in [3.05, 3.63) is 30.2 Å². The van der Waals surface area contributed by atoms with Crippen LogP contribution >= 0.6 is 0 Å². The third kappa shape index (κ3) is 4.41. The highest BCUT2D eigenvalue weighted by atomic mass is 16.3. The predicted molar refractivity (Wildman–Crippen MR) is 78.4 cm³/mol. The average Bonchev–Trinajstić information content (AvgIpc) is 3.08. The summed E-state index contributed by atoms with van der Waals surface area (Å²) in [6.45, 7) is 1.76. The van der Waals surface area contributed by atoms with Gasteiger partial charge in [0.1, 0.15) is 5.76 Å². The number of furan rings is 1. The average molecular weight is 288 g/mol. The van der Waals surface area contributed by atoms with Crippen molar-refractivity contribution < 1.29 is 14.0 Å². The van der Waals surface area contributed by atoms with Crippen molar-refractivity contribution in [1.29, 1.82) is 0 Å². The Morgan fingerprint density at radius 3 is 3.14 bits per heavy atom. The molecule has 0 fully saturated rings. The fourth-order valence-corrected chi connectivity index (χ4v) is 1.84. The lowest BCUT2D eigenvalue weighted by molar-refractivity contribution is -0.123. The topological polar surface area (TPSA) is 96.1 Å². The second kappa shape index (κ2) is 7.18. The lowest BCUT2D eigenvalue weighted by Crippen LogP contribution is -2.25. The van der Waals surface area contributed by atoms with Crippen LogP contribution in [-0.4, -0.2) is 23.7 Å². The first-order chi connectivity index (χ1) is 10.2. The maximum Gasteiger partial charge on any atom is 0.248 e. The molecule has 0 aromatic carbocycles. The standard InChI is InChI=1S/C14H16N4O3/c1-10-12(14(20)18-16-10)6-7-13(19)17-15-8-2-4-11-5-3-9-21-11/h2-5,8-9,12H,6-7H2,1H3,(H,17,19)(H,18,20)/b4-2-,15-8?/t12-/m0/s1. The molecule has 21 heavy (non-hydrogen) atoms. The molecular formula is C14H16N4O3. The fourth-order valence-electron chi connectivity index (χ4n) is 1.84. The Morgan fingerprint density at radius 2 is 2.48 bits per heavy atom. The highest BCUT2D eigenvalue weighted by Gasteiger charge is 2.26. The lowest BCUT2D eigenvalue weighted by atomic mass is 9.99. The fraction of sp³-hybridized carbons (Fsp3) is 0.286. The van der Waals surface area contributed by atoms with Gasteiger partial charge in [-0.1, -0.05) is 0 Å². The quantitative estimate of drug-likeness (QED) is 0.610. The number of hydrogen-bond acceptors (Lipinski definition) is 5. The molecule has 2 amide bonds. The molecule has 1 aromatic heterocycles. The largest absolute Gasteiger partial charge is 0.465 e. The maximum absolute atomic E-state index is 11.6. The van der Waals surface area contributed by atoms with Crippen LogP contribution in [0.5, 0.6) is 0 Å². The molecule has 0 radical (unpaired) electrons. The van der Waals surface area contributed by atoms with Gasteiger partial charge in [-0.2, -0.15) is 10.2 Å².